The number of rotatable bonds is 1. The summed E-state index contributed by atoms with van der Waals surface area (Å²) in [5.41, 5.74) is 0. The van der Waals surface area contributed by atoms with Crippen molar-refractivity contribution in [2.45, 2.75) is 0 Å². The summed E-state index contributed by atoms with van der Waals surface area (Å²) in [4.78, 5) is 1.18. The summed E-state index contributed by atoms with van der Waals surface area (Å²) in [7, 11) is 0. The Balaban J connectivity index is 2.96. The molecular formula is C6H5S. The van der Waals surface area contributed by atoms with Gasteiger partial charge < -0.3 is 0 Å². The Kier molecular flexibility index (Phi) is 1.27. The second kappa shape index (κ2) is 1.94. The fourth-order valence-electron chi connectivity index (χ4n) is 0.359. The molecule has 0 aliphatic carbocycles. The summed E-state index contributed by atoms with van der Waals surface area (Å²) in [5, 5.41) is 1.91. The first-order valence-electron chi connectivity index (χ1n) is 2.00. The molecule has 0 unspecified atom stereocenters. The van der Waals surface area contributed by atoms with Crippen molar-refractivity contribution in [1.82, 2.24) is 0 Å². The number of hydrogen-bond donors (Lipinski definition) is 0. The molecule has 1 heterocycles. The predicted molar refractivity (Wildman–Crippen MR) is 33.2 cm³/mol. The Bertz CT molecular complexity index is 139. The Labute approximate surface area is 47.1 Å². The highest BCUT2D eigenvalue weighted by molar-refractivity contribution is 7.10. The molecule has 7 heavy (non-hydrogen) atoms. The van der Waals surface area contributed by atoms with Gasteiger partial charge in [-0.2, -0.15) is 0 Å². The lowest BCUT2D eigenvalue weighted by atomic mass is 10.5. The maximum Gasteiger partial charge on any atom is 0.0270 e. The molecule has 1 aromatic heterocycles. The highest BCUT2D eigenvalue weighted by atomic mass is 32.1. The van der Waals surface area contributed by atoms with Gasteiger partial charge in [0, 0.05) is 4.88 Å². The van der Waals surface area contributed by atoms with Crippen LogP contribution in [0.1, 0.15) is 4.88 Å². The zero-order valence-corrected chi connectivity index (χ0v) is 4.66. The van der Waals surface area contributed by atoms with Crippen LogP contribution in [-0.2, 0) is 0 Å². The van der Waals surface area contributed by atoms with Crippen LogP contribution in [0.4, 0.5) is 0 Å². The highest BCUT2D eigenvalue weighted by Gasteiger charge is 1.79. The topological polar surface area (TPSA) is 0 Å². The van der Waals surface area contributed by atoms with Crippen molar-refractivity contribution in [3.63, 3.8) is 0 Å². The molecule has 0 N–H and O–H groups in total. The second-order valence-electron chi connectivity index (χ2n) is 1.15. The third-order valence-electron chi connectivity index (χ3n) is 0.690. The van der Waals surface area contributed by atoms with Gasteiger partial charge in [0.15, 0.2) is 0 Å². The van der Waals surface area contributed by atoms with Crippen molar-refractivity contribution in [2.75, 3.05) is 0 Å². The van der Waals surface area contributed by atoms with E-state index in [1.54, 1.807) is 11.3 Å². The smallest absolute Gasteiger partial charge is 0.0270 e. The van der Waals surface area contributed by atoms with Crippen LogP contribution < -0.4 is 0 Å². The van der Waals surface area contributed by atoms with Crippen LogP contribution in [-0.4, -0.2) is 0 Å². The van der Waals surface area contributed by atoms with E-state index in [4.69, 9.17) is 0 Å². The Morgan fingerprint density at radius 3 is 3.00 bits per heavy atom. The van der Waals surface area contributed by atoms with Crippen LogP contribution in [0, 0.1) is 6.07 Å². The van der Waals surface area contributed by atoms with Crippen molar-refractivity contribution >= 4 is 17.4 Å². The first-order valence-corrected chi connectivity index (χ1v) is 2.88. The normalized spacial score (nSPS) is 8.57. The molecule has 0 nitrogen and oxygen atoms in total. The van der Waals surface area contributed by atoms with Gasteiger partial charge >= 0.3 is 0 Å². The van der Waals surface area contributed by atoms with E-state index in [9.17, 15) is 0 Å². The standard InChI is InChI=1S/C6H5S/c1-2-6-4-3-5-7-6/h2,4-5H,1H2. The Morgan fingerprint density at radius 2 is 2.71 bits per heavy atom. The maximum absolute atomic E-state index is 3.59. The van der Waals surface area contributed by atoms with E-state index >= 15 is 0 Å². The van der Waals surface area contributed by atoms with Crippen LogP contribution in [0.15, 0.2) is 18.0 Å². The van der Waals surface area contributed by atoms with Gasteiger partial charge in [-0.05, 0) is 17.5 Å². The minimum Gasteiger partial charge on any atom is -0.144 e. The van der Waals surface area contributed by atoms with Crippen molar-refractivity contribution in [3.8, 4) is 0 Å². The summed E-state index contributed by atoms with van der Waals surface area (Å²) in [5.74, 6) is 0. The molecule has 0 aliphatic rings. The molecular weight excluding hydrogens is 104 g/mol. The highest BCUT2D eigenvalue weighted by Crippen LogP contribution is 2.07. The predicted octanol–water partition coefficient (Wildman–Crippen LogP) is 2.19. The summed E-state index contributed by atoms with van der Waals surface area (Å²) < 4.78 is 0. The van der Waals surface area contributed by atoms with Gasteiger partial charge in [-0.25, -0.2) is 0 Å². The minimum atomic E-state index is 1.18. The molecule has 1 aromatic rings. The quantitative estimate of drug-likeness (QED) is 0.518. The SMILES string of the molecule is C=Cc1c[c]cs1. The molecule has 1 heteroatoms. The summed E-state index contributed by atoms with van der Waals surface area (Å²) in [6, 6.07) is 4.84. The van der Waals surface area contributed by atoms with Crippen LogP contribution in [0.2, 0.25) is 0 Å². The van der Waals surface area contributed by atoms with E-state index in [1.165, 1.54) is 4.88 Å². The monoisotopic (exact) mass is 109 g/mol. The summed E-state index contributed by atoms with van der Waals surface area (Å²) in [6.07, 6.45) is 1.82. The van der Waals surface area contributed by atoms with Crippen LogP contribution in [0.5, 0.6) is 0 Å². The molecule has 0 aliphatic heterocycles. The van der Waals surface area contributed by atoms with Gasteiger partial charge in [0.1, 0.15) is 0 Å². The lowest BCUT2D eigenvalue weighted by Crippen LogP contribution is -1.46. The average molecular weight is 109 g/mol. The van der Waals surface area contributed by atoms with Crippen LogP contribution in [0.25, 0.3) is 6.08 Å². The second-order valence-corrected chi connectivity index (χ2v) is 2.10. The van der Waals surface area contributed by atoms with Gasteiger partial charge in [0.25, 0.3) is 0 Å². The van der Waals surface area contributed by atoms with Crippen molar-refractivity contribution in [2.24, 2.45) is 0 Å². The van der Waals surface area contributed by atoms with Gasteiger partial charge in [0.2, 0.25) is 0 Å². The van der Waals surface area contributed by atoms with Crippen molar-refractivity contribution in [3.05, 3.63) is 29.0 Å². The molecule has 1 radical (unpaired) electrons. The molecule has 0 bridgehead atoms. The number of thiophene rings is 1. The van der Waals surface area contributed by atoms with Gasteiger partial charge in [-0.3, -0.25) is 0 Å². The van der Waals surface area contributed by atoms with E-state index in [1.807, 2.05) is 17.5 Å². The summed E-state index contributed by atoms with van der Waals surface area (Å²) in [6.45, 7) is 3.59. The fraction of sp³-hybridized carbons (Fsp3) is 0. The van der Waals surface area contributed by atoms with Crippen LogP contribution in [0.3, 0.4) is 0 Å². The zero-order valence-electron chi connectivity index (χ0n) is 3.85. The van der Waals surface area contributed by atoms with Gasteiger partial charge in [-0.1, -0.05) is 12.7 Å². The number of hydrogen-bond acceptors (Lipinski definition) is 1. The van der Waals surface area contributed by atoms with Gasteiger partial charge in [0.05, 0.1) is 0 Å². The van der Waals surface area contributed by atoms with Crippen LogP contribution >= 0.6 is 11.3 Å². The lowest BCUT2D eigenvalue weighted by molar-refractivity contribution is 1.94. The van der Waals surface area contributed by atoms with E-state index in [0.717, 1.165) is 0 Å². The first-order chi connectivity index (χ1) is 3.43. The average Bonchev–Trinajstić information content (AvgIpc) is 2.14. The molecule has 35 valence electrons. The van der Waals surface area contributed by atoms with E-state index < -0.39 is 0 Å². The molecule has 0 atom stereocenters. The maximum atomic E-state index is 3.59. The summed E-state index contributed by atoms with van der Waals surface area (Å²) >= 11 is 1.65. The Morgan fingerprint density at radius 1 is 1.86 bits per heavy atom. The van der Waals surface area contributed by atoms with E-state index in [-0.39, 0.29) is 0 Å². The van der Waals surface area contributed by atoms with Crippen molar-refractivity contribution < 1.29 is 0 Å². The molecule has 0 saturated carbocycles. The zero-order chi connectivity index (χ0) is 5.11. The molecule has 0 saturated heterocycles. The lowest BCUT2D eigenvalue weighted by Gasteiger charge is -1.71. The third kappa shape index (κ3) is 0.904. The van der Waals surface area contributed by atoms with E-state index in [0.29, 0.717) is 0 Å². The van der Waals surface area contributed by atoms with Gasteiger partial charge in [-0.15, -0.1) is 11.3 Å². The van der Waals surface area contributed by atoms with E-state index in [2.05, 4.69) is 12.6 Å². The van der Waals surface area contributed by atoms with Crippen molar-refractivity contribution in [1.29, 1.82) is 0 Å². The molecule has 0 fully saturated rings. The molecule has 0 amide bonds. The Hall–Kier alpha value is -0.560. The largest absolute Gasteiger partial charge is 0.144 e. The fourth-order valence-corrected chi connectivity index (χ4v) is 0.864. The molecule has 1 rings (SSSR count). The molecule has 0 spiro atoms. The third-order valence-corrected chi connectivity index (χ3v) is 1.50. The molecule has 0 aromatic carbocycles. The minimum absolute atomic E-state index is 1.18. The first kappa shape index (κ1) is 4.60.